The summed E-state index contributed by atoms with van der Waals surface area (Å²) in [5.41, 5.74) is 4.36. The van der Waals surface area contributed by atoms with Crippen LogP contribution in [0.5, 0.6) is 0 Å². The molecule has 0 unspecified atom stereocenters. The molecule has 4 fully saturated rings. The molecule has 0 amide bonds. The van der Waals surface area contributed by atoms with E-state index in [1.54, 1.807) is 6.07 Å². The molecule has 54 heavy (non-hydrogen) atoms. The minimum Gasteiger partial charge on any atom is -0.355 e. The molecule has 0 bridgehead atoms. The molecule has 0 radical (unpaired) electrons. The average molecular weight is 764 g/mol. The zero-order valence-corrected chi connectivity index (χ0v) is 32.2. The van der Waals surface area contributed by atoms with Gasteiger partial charge in [0.1, 0.15) is 11.0 Å². The SMILES string of the molecule is Cl.Clc1ccc2ccccc2n1.c1ccc2nc(N3CC(c4nccnc4N4CCCCC4)C3)ccc2c1.c1cnc(N2CCCCC2)c(C2CNC2)n1. The summed E-state index contributed by atoms with van der Waals surface area (Å²) < 4.78 is 0. The number of benzene rings is 2. The molecule has 0 atom stereocenters. The fourth-order valence-electron chi connectivity index (χ4n) is 7.55. The summed E-state index contributed by atoms with van der Waals surface area (Å²) in [6.07, 6.45) is 15.1. The van der Waals surface area contributed by atoms with Gasteiger partial charge >= 0.3 is 0 Å². The van der Waals surface area contributed by atoms with Crippen LogP contribution < -0.4 is 20.0 Å². The lowest BCUT2D eigenvalue weighted by molar-refractivity contribution is 0.436. The van der Waals surface area contributed by atoms with Gasteiger partial charge in [-0.1, -0.05) is 48.0 Å². The number of nitrogens with one attached hydrogen (secondary N) is 1. The number of hydrogen-bond acceptors (Lipinski definition) is 10. The largest absolute Gasteiger partial charge is 0.355 e. The third kappa shape index (κ3) is 8.83. The molecule has 4 saturated heterocycles. The number of rotatable bonds is 5. The van der Waals surface area contributed by atoms with Gasteiger partial charge in [-0.15, -0.1) is 12.4 Å². The fourth-order valence-corrected chi connectivity index (χ4v) is 7.70. The molecule has 0 spiro atoms. The Morgan fingerprint density at radius 3 is 1.57 bits per heavy atom. The van der Waals surface area contributed by atoms with Crippen LogP contribution in [0, 0.1) is 0 Å². The zero-order valence-electron chi connectivity index (χ0n) is 30.6. The lowest BCUT2D eigenvalue weighted by Crippen LogP contribution is -2.46. The molecule has 10 nitrogen and oxygen atoms in total. The van der Waals surface area contributed by atoms with E-state index in [0.29, 0.717) is 17.0 Å². The van der Waals surface area contributed by atoms with Crippen LogP contribution in [0.4, 0.5) is 17.5 Å². The molecule has 4 aliphatic heterocycles. The highest BCUT2D eigenvalue weighted by Crippen LogP contribution is 2.35. The number of halogens is 2. The van der Waals surface area contributed by atoms with Crippen molar-refractivity contribution in [2.75, 3.05) is 67.1 Å². The van der Waals surface area contributed by atoms with Crippen LogP contribution in [0.2, 0.25) is 5.15 Å². The molecule has 0 aliphatic carbocycles. The quantitative estimate of drug-likeness (QED) is 0.174. The van der Waals surface area contributed by atoms with E-state index in [-0.39, 0.29) is 12.4 Å². The van der Waals surface area contributed by atoms with E-state index in [1.807, 2.05) is 61.2 Å². The van der Waals surface area contributed by atoms with Crippen molar-refractivity contribution < 1.29 is 0 Å². The van der Waals surface area contributed by atoms with Crippen molar-refractivity contribution in [1.29, 1.82) is 0 Å². The fraction of sp³-hybridized carbons (Fsp3) is 0.381. The van der Waals surface area contributed by atoms with Gasteiger partial charge in [0.25, 0.3) is 0 Å². The van der Waals surface area contributed by atoms with Crippen LogP contribution in [0.15, 0.2) is 97.6 Å². The molecule has 12 heteroatoms. The van der Waals surface area contributed by atoms with E-state index in [1.165, 1.54) is 49.6 Å². The van der Waals surface area contributed by atoms with Gasteiger partial charge in [0.2, 0.25) is 0 Å². The Balaban J connectivity index is 0.000000137. The molecule has 4 aromatic heterocycles. The number of para-hydroxylation sites is 2. The van der Waals surface area contributed by atoms with Gasteiger partial charge in [0.15, 0.2) is 11.6 Å². The highest BCUT2D eigenvalue weighted by molar-refractivity contribution is 6.29. The van der Waals surface area contributed by atoms with Crippen molar-refractivity contribution in [3.63, 3.8) is 0 Å². The van der Waals surface area contributed by atoms with Crippen molar-refractivity contribution in [3.05, 3.63) is 114 Å². The first kappa shape index (κ1) is 37.7. The van der Waals surface area contributed by atoms with Gasteiger partial charge in [-0.2, -0.15) is 0 Å². The first-order valence-corrected chi connectivity index (χ1v) is 19.5. The summed E-state index contributed by atoms with van der Waals surface area (Å²) >= 11 is 5.71. The molecule has 1 N–H and O–H groups in total. The third-order valence-corrected chi connectivity index (χ3v) is 10.8. The molecule has 8 heterocycles. The highest BCUT2D eigenvalue weighted by atomic mass is 35.5. The zero-order chi connectivity index (χ0) is 35.8. The highest BCUT2D eigenvalue weighted by Gasteiger charge is 2.34. The molecular weight excluding hydrogens is 715 g/mol. The summed E-state index contributed by atoms with van der Waals surface area (Å²) in [7, 11) is 0. The van der Waals surface area contributed by atoms with E-state index in [2.05, 4.69) is 70.3 Å². The number of anilines is 3. The van der Waals surface area contributed by atoms with Crippen molar-refractivity contribution in [2.45, 2.75) is 50.4 Å². The number of hydrogen-bond donors (Lipinski definition) is 1. The maximum absolute atomic E-state index is 5.71. The van der Waals surface area contributed by atoms with Crippen molar-refractivity contribution in [3.8, 4) is 0 Å². The number of fused-ring (bicyclic) bond motifs is 2. The number of aromatic nitrogens is 6. The topological polar surface area (TPSA) is 99.1 Å². The van der Waals surface area contributed by atoms with Crippen LogP contribution in [-0.4, -0.2) is 82.3 Å². The predicted octanol–water partition coefficient (Wildman–Crippen LogP) is 8.08. The van der Waals surface area contributed by atoms with E-state index >= 15 is 0 Å². The second-order valence-electron chi connectivity index (χ2n) is 14.3. The molecular formula is C42H48Cl2N10. The van der Waals surface area contributed by atoms with Gasteiger partial charge < -0.3 is 20.0 Å². The second-order valence-corrected chi connectivity index (χ2v) is 14.7. The molecule has 280 valence electrons. The normalized spacial score (nSPS) is 17.3. The summed E-state index contributed by atoms with van der Waals surface area (Å²) in [6.45, 7) is 8.54. The van der Waals surface area contributed by atoms with Crippen molar-refractivity contribution in [2.24, 2.45) is 0 Å². The van der Waals surface area contributed by atoms with Gasteiger partial charge in [-0.3, -0.25) is 9.97 Å². The van der Waals surface area contributed by atoms with E-state index in [0.717, 1.165) is 91.9 Å². The van der Waals surface area contributed by atoms with E-state index in [9.17, 15) is 0 Å². The van der Waals surface area contributed by atoms with Gasteiger partial charge in [-0.25, -0.2) is 19.9 Å². The standard InChI is InChI=1S/C21H23N5.C12H18N4.C9H6ClN.ClH/c1-4-12-25(13-5-1)21-20(22-10-11-23-21)17-14-26(15-17)19-9-8-16-6-2-3-7-18(16)24-19;1-2-6-16(7-3-1)12-11(10-8-13-9-10)14-4-5-15-12;10-9-6-5-7-3-1-2-4-8(7)11-9;/h2-3,6-11,17H,1,4-5,12-15H2;4-5,10,13H,1-3,6-9H2;1-6H;1H. The molecule has 10 rings (SSSR count). The Hall–Kier alpha value is -4.64. The summed E-state index contributed by atoms with van der Waals surface area (Å²) in [6, 6.07) is 24.2. The van der Waals surface area contributed by atoms with Crippen molar-refractivity contribution >= 4 is 63.3 Å². The predicted molar refractivity (Wildman–Crippen MR) is 223 cm³/mol. The van der Waals surface area contributed by atoms with E-state index < -0.39 is 0 Å². The average Bonchev–Trinajstić information content (AvgIpc) is 3.18. The minimum atomic E-state index is 0. The van der Waals surface area contributed by atoms with Crippen LogP contribution in [-0.2, 0) is 0 Å². The Bertz CT molecular complexity index is 2110. The van der Waals surface area contributed by atoms with Crippen LogP contribution in [0.25, 0.3) is 21.8 Å². The second kappa shape index (κ2) is 18.1. The first-order valence-electron chi connectivity index (χ1n) is 19.1. The Morgan fingerprint density at radius 1 is 0.519 bits per heavy atom. The number of pyridine rings is 2. The number of nitrogens with zero attached hydrogens (tertiary/aromatic N) is 9. The summed E-state index contributed by atoms with van der Waals surface area (Å²) in [4.78, 5) is 34.6. The first-order chi connectivity index (χ1) is 26.2. The monoisotopic (exact) mass is 762 g/mol. The lowest BCUT2D eigenvalue weighted by Gasteiger charge is -2.41. The molecule has 4 aliphatic rings. The van der Waals surface area contributed by atoms with Crippen LogP contribution in [0.1, 0.15) is 61.7 Å². The Morgan fingerprint density at radius 2 is 1.02 bits per heavy atom. The van der Waals surface area contributed by atoms with Gasteiger partial charge in [0.05, 0.1) is 22.4 Å². The third-order valence-electron chi connectivity index (χ3n) is 10.6. The smallest absolute Gasteiger partial charge is 0.150 e. The molecule has 0 saturated carbocycles. The summed E-state index contributed by atoms with van der Waals surface area (Å²) in [5, 5.41) is 6.16. The molecule has 6 aromatic rings. The van der Waals surface area contributed by atoms with Gasteiger partial charge in [0, 0.05) is 99.8 Å². The van der Waals surface area contributed by atoms with E-state index in [4.69, 9.17) is 21.6 Å². The Labute approximate surface area is 328 Å². The van der Waals surface area contributed by atoms with Crippen LogP contribution >= 0.6 is 24.0 Å². The molecule has 2 aromatic carbocycles. The lowest BCUT2D eigenvalue weighted by atomic mass is 9.95. The number of piperidine rings is 2. The van der Waals surface area contributed by atoms with Crippen LogP contribution in [0.3, 0.4) is 0 Å². The minimum absolute atomic E-state index is 0. The Kier molecular flexibility index (Phi) is 12.6. The van der Waals surface area contributed by atoms with Gasteiger partial charge in [-0.05, 0) is 74.9 Å². The maximum atomic E-state index is 5.71. The maximum Gasteiger partial charge on any atom is 0.150 e. The summed E-state index contributed by atoms with van der Waals surface area (Å²) in [5.74, 6) is 4.31. The van der Waals surface area contributed by atoms with Crippen molar-refractivity contribution in [1.82, 2.24) is 35.2 Å².